The summed E-state index contributed by atoms with van der Waals surface area (Å²) in [5, 5.41) is 3.04. The van der Waals surface area contributed by atoms with E-state index in [-0.39, 0.29) is 30.1 Å². The molecule has 2 rings (SSSR count). The van der Waals surface area contributed by atoms with Crippen LogP contribution in [0.2, 0.25) is 0 Å². The summed E-state index contributed by atoms with van der Waals surface area (Å²) < 4.78 is 0. The van der Waals surface area contributed by atoms with Gasteiger partial charge in [0.1, 0.15) is 0 Å². The molecule has 0 saturated carbocycles. The van der Waals surface area contributed by atoms with Gasteiger partial charge in [-0.25, -0.2) is 0 Å². The van der Waals surface area contributed by atoms with E-state index in [9.17, 15) is 9.59 Å². The summed E-state index contributed by atoms with van der Waals surface area (Å²) in [6.07, 6.45) is 0.248. The van der Waals surface area contributed by atoms with Crippen molar-refractivity contribution >= 4 is 17.5 Å². The lowest BCUT2D eigenvalue weighted by molar-refractivity contribution is -0.128. The van der Waals surface area contributed by atoms with E-state index >= 15 is 0 Å². The number of hydrogen-bond acceptors (Lipinski definition) is 3. The fourth-order valence-corrected chi connectivity index (χ4v) is 2.67. The van der Waals surface area contributed by atoms with E-state index < -0.39 is 5.54 Å². The third-order valence-electron chi connectivity index (χ3n) is 4.95. The molecule has 2 amide bonds. The first-order valence-corrected chi connectivity index (χ1v) is 8.16. The number of amides is 2. The average Bonchev–Trinajstić information content (AvgIpc) is 2.90. The van der Waals surface area contributed by atoms with E-state index in [1.165, 1.54) is 0 Å². The number of carbonyl (C=O) groups is 2. The summed E-state index contributed by atoms with van der Waals surface area (Å²) in [7, 11) is 0. The van der Waals surface area contributed by atoms with Crippen LogP contribution in [0.15, 0.2) is 24.3 Å². The highest BCUT2D eigenvalue weighted by Crippen LogP contribution is 2.26. The zero-order valence-electron chi connectivity index (χ0n) is 14.4. The zero-order chi connectivity index (χ0) is 17.2. The predicted octanol–water partition coefficient (Wildman–Crippen LogP) is 1.84. The van der Waals surface area contributed by atoms with E-state index in [2.05, 4.69) is 5.32 Å². The minimum absolute atomic E-state index is 0.00648. The molecule has 0 spiro atoms. The van der Waals surface area contributed by atoms with Gasteiger partial charge in [-0.15, -0.1) is 0 Å². The Labute approximate surface area is 138 Å². The van der Waals surface area contributed by atoms with E-state index in [0.29, 0.717) is 13.1 Å². The minimum Gasteiger partial charge on any atom is -0.349 e. The van der Waals surface area contributed by atoms with E-state index in [4.69, 9.17) is 5.73 Å². The Hall–Kier alpha value is -1.88. The number of hydrogen-bond donors (Lipinski definition) is 2. The van der Waals surface area contributed by atoms with Gasteiger partial charge in [0.15, 0.2) is 0 Å². The van der Waals surface area contributed by atoms with Gasteiger partial charge >= 0.3 is 0 Å². The number of anilines is 1. The van der Waals surface area contributed by atoms with Gasteiger partial charge in [0.2, 0.25) is 11.8 Å². The largest absolute Gasteiger partial charge is 0.349 e. The molecule has 2 atom stereocenters. The minimum atomic E-state index is -0.447. The van der Waals surface area contributed by atoms with Crippen molar-refractivity contribution in [1.82, 2.24) is 5.32 Å². The summed E-state index contributed by atoms with van der Waals surface area (Å²) in [6.45, 7) is 8.82. The van der Waals surface area contributed by atoms with Crippen molar-refractivity contribution in [2.75, 3.05) is 18.0 Å². The second kappa shape index (κ2) is 6.71. The predicted molar refractivity (Wildman–Crippen MR) is 92.1 cm³/mol. The summed E-state index contributed by atoms with van der Waals surface area (Å²) in [5.74, 6) is -0.196. The van der Waals surface area contributed by atoms with Crippen LogP contribution in [0, 0.1) is 18.8 Å². The van der Waals surface area contributed by atoms with Crippen LogP contribution in [0.25, 0.3) is 0 Å². The Balaban J connectivity index is 2.07. The van der Waals surface area contributed by atoms with Crippen molar-refractivity contribution in [3.63, 3.8) is 0 Å². The molecule has 1 aliphatic rings. The molecule has 126 valence electrons. The molecule has 5 nitrogen and oxygen atoms in total. The normalized spacial score (nSPS) is 20.7. The Morgan fingerprint density at radius 3 is 2.52 bits per heavy atom. The first kappa shape index (κ1) is 17.5. The third kappa shape index (κ3) is 3.72. The maximum absolute atomic E-state index is 12.6. The number of nitrogens with two attached hydrogens (primary N) is 1. The maximum atomic E-state index is 12.6. The zero-order valence-corrected chi connectivity index (χ0v) is 14.4. The van der Waals surface area contributed by atoms with Gasteiger partial charge in [0, 0.05) is 25.2 Å². The van der Waals surface area contributed by atoms with Crippen molar-refractivity contribution in [1.29, 1.82) is 0 Å². The molecule has 1 aliphatic heterocycles. The van der Waals surface area contributed by atoms with E-state index in [0.717, 1.165) is 11.3 Å². The van der Waals surface area contributed by atoms with Gasteiger partial charge in [-0.1, -0.05) is 31.5 Å². The first-order valence-electron chi connectivity index (χ1n) is 8.16. The molecule has 1 aromatic carbocycles. The highest BCUT2D eigenvalue weighted by atomic mass is 16.2. The van der Waals surface area contributed by atoms with Crippen molar-refractivity contribution < 1.29 is 9.59 Å². The molecule has 0 aromatic heterocycles. The van der Waals surface area contributed by atoms with Crippen LogP contribution < -0.4 is 16.0 Å². The van der Waals surface area contributed by atoms with E-state index in [1.54, 1.807) is 4.90 Å². The lowest BCUT2D eigenvalue weighted by Crippen LogP contribution is -2.56. The fraction of sp³-hybridized carbons (Fsp3) is 0.556. The van der Waals surface area contributed by atoms with Gasteiger partial charge in [-0.2, -0.15) is 0 Å². The smallest absolute Gasteiger partial charge is 0.227 e. The van der Waals surface area contributed by atoms with Crippen LogP contribution in [-0.4, -0.2) is 30.4 Å². The Bertz CT molecular complexity index is 582. The average molecular weight is 317 g/mol. The highest BCUT2D eigenvalue weighted by Gasteiger charge is 2.38. The second-order valence-electron chi connectivity index (χ2n) is 7.01. The van der Waals surface area contributed by atoms with Crippen molar-refractivity contribution in [2.45, 2.75) is 39.7 Å². The van der Waals surface area contributed by atoms with Crippen LogP contribution in [-0.2, 0) is 9.59 Å². The topological polar surface area (TPSA) is 75.4 Å². The number of nitrogens with zero attached hydrogens (tertiary/aromatic N) is 1. The van der Waals surface area contributed by atoms with Crippen molar-refractivity contribution in [3.8, 4) is 0 Å². The van der Waals surface area contributed by atoms with Gasteiger partial charge in [-0.3, -0.25) is 9.59 Å². The molecule has 3 N–H and O–H groups in total. The molecule has 1 aromatic rings. The van der Waals surface area contributed by atoms with E-state index in [1.807, 2.05) is 52.0 Å². The van der Waals surface area contributed by atoms with Crippen molar-refractivity contribution in [3.05, 3.63) is 29.8 Å². The van der Waals surface area contributed by atoms with Crippen LogP contribution in [0.5, 0.6) is 0 Å². The quantitative estimate of drug-likeness (QED) is 0.870. The molecule has 1 heterocycles. The Kier molecular flexibility index (Phi) is 5.09. The molecule has 23 heavy (non-hydrogen) atoms. The summed E-state index contributed by atoms with van der Waals surface area (Å²) in [4.78, 5) is 26.5. The fourth-order valence-electron chi connectivity index (χ4n) is 2.67. The Morgan fingerprint density at radius 2 is 2.00 bits per heavy atom. The summed E-state index contributed by atoms with van der Waals surface area (Å²) in [6, 6.07) is 7.79. The highest BCUT2D eigenvalue weighted by molar-refractivity contribution is 6.00. The standard InChI is InChI=1S/C18H27N3O2/c1-12(2)18(4,11-19)20-17(23)14-9-16(22)21(10-14)15-7-5-13(3)6-8-15/h5-8,12,14H,9-11,19H2,1-4H3,(H,20,23). The molecule has 0 bridgehead atoms. The van der Waals surface area contributed by atoms with Crippen LogP contribution in [0.3, 0.4) is 0 Å². The number of carbonyl (C=O) groups excluding carboxylic acids is 2. The summed E-state index contributed by atoms with van der Waals surface area (Å²) in [5.41, 5.74) is 7.37. The SMILES string of the molecule is Cc1ccc(N2CC(C(=O)NC(C)(CN)C(C)C)CC2=O)cc1. The molecule has 5 heteroatoms. The van der Waals surface area contributed by atoms with Crippen molar-refractivity contribution in [2.24, 2.45) is 17.6 Å². The number of aryl methyl sites for hydroxylation is 1. The van der Waals surface area contributed by atoms with Gasteiger partial charge < -0.3 is 16.0 Å². The first-order chi connectivity index (χ1) is 10.8. The number of rotatable bonds is 5. The molecular weight excluding hydrogens is 290 g/mol. The summed E-state index contributed by atoms with van der Waals surface area (Å²) >= 11 is 0. The van der Waals surface area contributed by atoms with Gasteiger partial charge in [0.25, 0.3) is 0 Å². The lowest BCUT2D eigenvalue weighted by Gasteiger charge is -2.34. The van der Waals surface area contributed by atoms with Crippen LogP contribution in [0.4, 0.5) is 5.69 Å². The molecular formula is C18H27N3O2. The molecule has 1 saturated heterocycles. The number of benzene rings is 1. The lowest BCUT2D eigenvalue weighted by atomic mass is 9.87. The third-order valence-corrected chi connectivity index (χ3v) is 4.95. The van der Waals surface area contributed by atoms with Crippen LogP contribution >= 0.6 is 0 Å². The Morgan fingerprint density at radius 1 is 1.39 bits per heavy atom. The maximum Gasteiger partial charge on any atom is 0.227 e. The molecule has 0 aliphatic carbocycles. The monoisotopic (exact) mass is 317 g/mol. The molecule has 0 radical (unpaired) electrons. The van der Waals surface area contributed by atoms with Crippen LogP contribution in [0.1, 0.15) is 32.8 Å². The van der Waals surface area contributed by atoms with Gasteiger partial charge in [-0.05, 0) is 31.9 Å². The van der Waals surface area contributed by atoms with Gasteiger partial charge in [0.05, 0.1) is 11.5 Å². The number of nitrogens with one attached hydrogen (secondary N) is 1. The molecule has 2 unspecified atom stereocenters. The second-order valence-corrected chi connectivity index (χ2v) is 7.01. The molecule has 1 fully saturated rings.